The number of esters is 1. The van der Waals surface area contributed by atoms with E-state index in [2.05, 4.69) is 9.73 Å². The predicted molar refractivity (Wildman–Crippen MR) is 93.5 cm³/mol. The summed E-state index contributed by atoms with van der Waals surface area (Å²) in [7, 11) is -3.12. The van der Waals surface area contributed by atoms with Crippen LogP contribution in [0.15, 0.2) is 23.2 Å². The number of carbonyl (C=O) groups excluding carboxylic acids is 3. The molecular weight excluding hydrogens is 402 g/mol. The van der Waals surface area contributed by atoms with Gasteiger partial charge in [0.25, 0.3) is 11.6 Å². The minimum Gasteiger partial charge on any atom is -0.468 e. The Morgan fingerprint density at radius 1 is 1.33 bits per heavy atom. The second kappa shape index (κ2) is 7.75. The number of fused-ring (bicyclic) bond motifs is 1. The number of amides is 1. The molecule has 144 valence electrons. The van der Waals surface area contributed by atoms with Crippen LogP contribution >= 0.6 is 11.3 Å². The lowest BCUT2D eigenvalue weighted by Crippen LogP contribution is -2.25. The van der Waals surface area contributed by atoms with Gasteiger partial charge < -0.3 is 9.30 Å². The highest BCUT2D eigenvalue weighted by atomic mass is 32.2. The summed E-state index contributed by atoms with van der Waals surface area (Å²) in [4.78, 5) is 48.5. The number of ether oxygens (including phenoxy) is 1. The molecule has 1 aromatic heterocycles. The van der Waals surface area contributed by atoms with Crippen LogP contribution in [0.25, 0.3) is 10.2 Å². The van der Waals surface area contributed by atoms with Crippen LogP contribution in [0.1, 0.15) is 6.92 Å². The van der Waals surface area contributed by atoms with Gasteiger partial charge in [-0.25, -0.2) is 8.42 Å². The summed E-state index contributed by atoms with van der Waals surface area (Å²) in [5, 5.41) is 9.75. The zero-order chi connectivity index (χ0) is 20.4. The fraction of sp³-hybridized carbons (Fsp3) is 0.286. The third-order valence-corrected chi connectivity index (χ3v) is 5.91. The quantitative estimate of drug-likeness (QED) is 0.380. The molecule has 0 aliphatic carbocycles. The van der Waals surface area contributed by atoms with E-state index in [0.29, 0.717) is 10.2 Å². The molecule has 0 unspecified atom stereocenters. The van der Waals surface area contributed by atoms with Crippen LogP contribution in [0.2, 0.25) is 0 Å². The largest absolute Gasteiger partial charge is 0.468 e. The minimum atomic E-state index is -4.27. The van der Waals surface area contributed by atoms with E-state index in [9.17, 15) is 32.9 Å². The summed E-state index contributed by atoms with van der Waals surface area (Å²) in [6.45, 7) is 0.471. The Hall–Kier alpha value is -2.93. The first kappa shape index (κ1) is 20.4. The average Bonchev–Trinajstić information content (AvgIpc) is 2.90. The Labute approximate surface area is 156 Å². The van der Waals surface area contributed by atoms with Gasteiger partial charge in [0.1, 0.15) is 12.3 Å². The first-order valence-electron chi connectivity index (χ1n) is 7.20. The number of rotatable bonds is 5. The van der Waals surface area contributed by atoms with Crippen LogP contribution in [0.5, 0.6) is 0 Å². The number of thiazole rings is 1. The second-order valence-electron chi connectivity index (χ2n) is 5.21. The van der Waals surface area contributed by atoms with E-state index in [1.165, 1.54) is 22.8 Å². The standard InChI is InChI=1S/C14H13N3O8S2/c1-8(18)27(23,24)7-12(19)15-14-16(6-13(20)25-2)10-4-3-9(17(21)22)5-11(10)26-14/h3-5H,6-7H2,1-2H3. The molecule has 0 radical (unpaired) electrons. The molecule has 0 aliphatic rings. The Morgan fingerprint density at radius 3 is 2.56 bits per heavy atom. The van der Waals surface area contributed by atoms with Crippen molar-refractivity contribution in [3.63, 3.8) is 0 Å². The molecule has 2 rings (SSSR count). The third-order valence-electron chi connectivity index (χ3n) is 3.36. The lowest BCUT2D eigenvalue weighted by atomic mass is 10.3. The Bertz CT molecular complexity index is 1130. The number of benzene rings is 1. The van der Waals surface area contributed by atoms with Crippen molar-refractivity contribution in [1.82, 2.24) is 4.57 Å². The van der Waals surface area contributed by atoms with Gasteiger partial charge in [0.2, 0.25) is 15.0 Å². The molecule has 1 amide bonds. The number of hydrogen-bond acceptors (Lipinski definition) is 9. The molecule has 13 heteroatoms. The number of aromatic nitrogens is 1. The lowest BCUT2D eigenvalue weighted by molar-refractivity contribution is -0.384. The first-order valence-corrected chi connectivity index (χ1v) is 9.67. The van der Waals surface area contributed by atoms with E-state index >= 15 is 0 Å². The van der Waals surface area contributed by atoms with Gasteiger partial charge >= 0.3 is 5.97 Å². The Morgan fingerprint density at radius 2 is 2.00 bits per heavy atom. The van der Waals surface area contributed by atoms with Crippen LogP contribution in [0, 0.1) is 10.1 Å². The first-order chi connectivity index (χ1) is 12.5. The van der Waals surface area contributed by atoms with Gasteiger partial charge in [-0.3, -0.25) is 24.5 Å². The highest BCUT2D eigenvalue weighted by molar-refractivity contribution is 8.06. The summed E-state index contributed by atoms with van der Waals surface area (Å²) < 4.78 is 29.3. The maximum Gasteiger partial charge on any atom is 0.325 e. The van der Waals surface area contributed by atoms with E-state index in [1.54, 1.807) is 0 Å². The molecule has 0 N–H and O–H groups in total. The highest BCUT2D eigenvalue weighted by Gasteiger charge is 2.22. The van der Waals surface area contributed by atoms with Crippen molar-refractivity contribution in [3.8, 4) is 0 Å². The molecule has 0 saturated carbocycles. The fourth-order valence-electron chi connectivity index (χ4n) is 2.01. The van der Waals surface area contributed by atoms with E-state index in [1.807, 2.05) is 0 Å². The number of carbonyl (C=O) groups is 3. The number of nitrogens with zero attached hydrogens (tertiary/aromatic N) is 3. The molecule has 0 spiro atoms. The van der Waals surface area contributed by atoms with Crippen LogP contribution < -0.4 is 4.80 Å². The van der Waals surface area contributed by atoms with Crippen molar-refractivity contribution in [1.29, 1.82) is 0 Å². The summed E-state index contributed by atoms with van der Waals surface area (Å²) in [5.41, 5.74) is 0.169. The molecular formula is C14H13N3O8S2. The smallest absolute Gasteiger partial charge is 0.325 e. The monoisotopic (exact) mass is 415 g/mol. The lowest BCUT2D eigenvalue weighted by Gasteiger charge is -2.03. The molecule has 0 fully saturated rings. The van der Waals surface area contributed by atoms with Gasteiger partial charge in [-0.05, 0) is 6.07 Å². The number of methoxy groups -OCH3 is 1. The van der Waals surface area contributed by atoms with Crippen molar-refractivity contribution in [2.45, 2.75) is 13.5 Å². The summed E-state index contributed by atoms with van der Waals surface area (Å²) in [6.07, 6.45) is 0. The van der Waals surface area contributed by atoms with Gasteiger partial charge in [-0.15, -0.1) is 0 Å². The van der Waals surface area contributed by atoms with Crippen LogP contribution in [0.4, 0.5) is 5.69 Å². The molecule has 2 aromatic rings. The zero-order valence-corrected chi connectivity index (χ0v) is 15.7. The summed E-state index contributed by atoms with van der Waals surface area (Å²) in [6, 6.07) is 3.83. The second-order valence-corrected chi connectivity index (χ2v) is 8.31. The van der Waals surface area contributed by atoms with Crippen molar-refractivity contribution >= 4 is 54.1 Å². The maximum absolute atomic E-state index is 12.0. The fourth-order valence-corrected chi connectivity index (χ4v) is 3.68. The molecule has 0 bridgehead atoms. The molecule has 1 heterocycles. The van der Waals surface area contributed by atoms with Gasteiger partial charge in [0.15, 0.2) is 4.80 Å². The van der Waals surface area contributed by atoms with Gasteiger partial charge in [0.05, 0.1) is 22.2 Å². The van der Waals surface area contributed by atoms with E-state index in [0.717, 1.165) is 25.4 Å². The minimum absolute atomic E-state index is 0.0559. The van der Waals surface area contributed by atoms with Crippen LogP contribution in [-0.2, 0) is 35.5 Å². The van der Waals surface area contributed by atoms with Gasteiger partial charge in [0, 0.05) is 19.1 Å². The molecule has 27 heavy (non-hydrogen) atoms. The predicted octanol–water partition coefficient (Wildman–Crippen LogP) is 0.173. The number of non-ortho nitro benzene ring substituents is 1. The molecule has 0 aliphatic heterocycles. The van der Waals surface area contributed by atoms with E-state index in [-0.39, 0.29) is 17.0 Å². The summed E-state index contributed by atoms with van der Waals surface area (Å²) in [5.74, 6) is -2.89. The molecule has 11 nitrogen and oxygen atoms in total. The number of nitro groups is 1. The Kier molecular flexibility index (Phi) is 5.85. The molecule has 0 atom stereocenters. The maximum atomic E-state index is 12.0. The molecule has 0 saturated heterocycles. The van der Waals surface area contributed by atoms with Crippen LogP contribution in [0.3, 0.4) is 0 Å². The van der Waals surface area contributed by atoms with Crippen molar-refractivity contribution in [2.24, 2.45) is 4.99 Å². The Balaban J connectivity index is 2.60. The molecule has 1 aromatic carbocycles. The van der Waals surface area contributed by atoms with Gasteiger partial charge in [-0.1, -0.05) is 11.3 Å². The van der Waals surface area contributed by atoms with E-state index < -0.39 is 37.5 Å². The number of sulfone groups is 1. The third kappa shape index (κ3) is 4.62. The van der Waals surface area contributed by atoms with Crippen molar-refractivity contribution < 1.29 is 32.5 Å². The zero-order valence-electron chi connectivity index (χ0n) is 14.1. The van der Waals surface area contributed by atoms with Gasteiger partial charge in [-0.2, -0.15) is 4.99 Å². The van der Waals surface area contributed by atoms with Crippen LogP contribution in [-0.4, -0.2) is 47.8 Å². The van der Waals surface area contributed by atoms with E-state index in [4.69, 9.17) is 0 Å². The van der Waals surface area contributed by atoms with Crippen molar-refractivity contribution in [3.05, 3.63) is 33.1 Å². The number of hydrogen-bond donors (Lipinski definition) is 0. The summed E-state index contributed by atoms with van der Waals surface area (Å²) >= 11 is 0.854. The SMILES string of the molecule is COC(=O)Cn1c(=NC(=O)CS(=O)(=O)C(C)=O)sc2cc([N+](=O)[O-])ccc21. The average molecular weight is 415 g/mol. The highest BCUT2D eigenvalue weighted by Crippen LogP contribution is 2.23. The van der Waals surface area contributed by atoms with Crippen molar-refractivity contribution in [2.75, 3.05) is 12.9 Å². The normalized spacial score (nSPS) is 12.1. The topological polar surface area (TPSA) is 155 Å². The number of nitro benzene ring substituents is 1.